The minimum atomic E-state index is -0.323. The van der Waals surface area contributed by atoms with E-state index < -0.39 is 0 Å². The van der Waals surface area contributed by atoms with Gasteiger partial charge < -0.3 is 9.47 Å². The van der Waals surface area contributed by atoms with Gasteiger partial charge in [-0.2, -0.15) is 0 Å². The minimum Gasteiger partial charge on any atom is -0.463 e. The highest BCUT2D eigenvalue weighted by molar-refractivity contribution is 5.77. The first-order valence-corrected chi connectivity index (χ1v) is 6.88. The van der Waals surface area contributed by atoms with Gasteiger partial charge in [-0.25, -0.2) is 0 Å². The van der Waals surface area contributed by atoms with Crippen molar-refractivity contribution in [2.24, 2.45) is 0 Å². The maximum atomic E-state index is 11.4. The Balaban J connectivity index is 3.74. The van der Waals surface area contributed by atoms with Crippen LogP contribution in [-0.4, -0.2) is 24.1 Å². The van der Waals surface area contributed by atoms with Gasteiger partial charge in [-0.1, -0.05) is 26.7 Å². The van der Waals surface area contributed by atoms with Crippen LogP contribution in [0.15, 0.2) is 0 Å². The van der Waals surface area contributed by atoms with Crippen molar-refractivity contribution in [2.45, 2.75) is 78.4 Å². The van der Waals surface area contributed by atoms with E-state index in [4.69, 9.17) is 9.47 Å². The van der Waals surface area contributed by atoms with Gasteiger partial charge in [0, 0.05) is 0 Å². The van der Waals surface area contributed by atoms with Crippen molar-refractivity contribution in [2.75, 3.05) is 0 Å². The van der Waals surface area contributed by atoms with Gasteiger partial charge in [0.15, 0.2) is 0 Å². The van der Waals surface area contributed by atoms with Crippen LogP contribution in [0.4, 0.5) is 0 Å². The first-order valence-electron chi connectivity index (χ1n) is 6.88. The lowest BCUT2D eigenvalue weighted by Crippen LogP contribution is -2.18. The lowest BCUT2D eigenvalue weighted by atomic mass is 10.2. The van der Waals surface area contributed by atoms with E-state index in [1.807, 2.05) is 27.7 Å². The molecule has 0 N–H and O–H groups in total. The fourth-order valence-corrected chi connectivity index (χ4v) is 1.70. The van der Waals surface area contributed by atoms with Crippen LogP contribution in [0.25, 0.3) is 0 Å². The summed E-state index contributed by atoms with van der Waals surface area (Å²) < 4.78 is 10.3. The molecule has 0 saturated carbocycles. The third kappa shape index (κ3) is 9.02. The largest absolute Gasteiger partial charge is 0.463 e. The summed E-state index contributed by atoms with van der Waals surface area (Å²) in [6, 6.07) is 0. The van der Waals surface area contributed by atoms with Crippen LogP contribution in [-0.2, 0) is 19.1 Å². The fourth-order valence-electron chi connectivity index (χ4n) is 1.70. The molecule has 0 aromatic carbocycles. The maximum absolute atomic E-state index is 11.4. The first kappa shape index (κ1) is 16.9. The third-order valence-corrected chi connectivity index (χ3v) is 2.59. The molecule has 18 heavy (non-hydrogen) atoms. The summed E-state index contributed by atoms with van der Waals surface area (Å²) >= 11 is 0. The Morgan fingerprint density at radius 2 is 1.17 bits per heavy atom. The number of esters is 2. The molecule has 0 bridgehead atoms. The molecule has 0 aromatic rings. The predicted molar refractivity (Wildman–Crippen MR) is 70.2 cm³/mol. The van der Waals surface area contributed by atoms with Gasteiger partial charge in [0.2, 0.25) is 0 Å². The molecule has 2 atom stereocenters. The molecule has 0 heterocycles. The van der Waals surface area contributed by atoms with Crippen LogP contribution in [0.1, 0.15) is 66.2 Å². The summed E-state index contributed by atoms with van der Waals surface area (Å²) in [6.45, 7) is 7.81. The standard InChI is InChI=1S/C14H26O4/c1-5-7-11(3)17-13(15)9-10-14(16)18-12(4)8-6-2/h11-12H,5-10H2,1-4H3/t11-,12-/m1/s1. The Labute approximate surface area is 110 Å². The van der Waals surface area contributed by atoms with E-state index in [9.17, 15) is 9.59 Å². The summed E-state index contributed by atoms with van der Waals surface area (Å²) in [6.07, 6.45) is 3.72. The zero-order valence-corrected chi connectivity index (χ0v) is 12.0. The highest BCUT2D eigenvalue weighted by atomic mass is 16.5. The van der Waals surface area contributed by atoms with Crippen molar-refractivity contribution in [3.63, 3.8) is 0 Å². The third-order valence-electron chi connectivity index (χ3n) is 2.59. The monoisotopic (exact) mass is 258 g/mol. The van der Waals surface area contributed by atoms with Crippen molar-refractivity contribution < 1.29 is 19.1 Å². The molecule has 0 unspecified atom stereocenters. The molecule has 0 radical (unpaired) electrons. The second kappa shape index (κ2) is 9.92. The van der Waals surface area contributed by atoms with E-state index in [0.29, 0.717) is 0 Å². The van der Waals surface area contributed by atoms with E-state index in [2.05, 4.69) is 0 Å². The second-order valence-corrected chi connectivity index (χ2v) is 4.68. The SMILES string of the molecule is CCC[C@@H](C)OC(=O)CCC(=O)O[C@H](C)CCC. The Morgan fingerprint density at radius 3 is 1.44 bits per heavy atom. The Hall–Kier alpha value is -1.06. The normalized spacial score (nSPS) is 13.8. The molecule has 0 aliphatic carbocycles. The van der Waals surface area contributed by atoms with Crippen LogP contribution in [0.5, 0.6) is 0 Å². The van der Waals surface area contributed by atoms with Crippen LogP contribution in [0.3, 0.4) is 0 Å². The lowest BCUT2D eigenvalue weighted by Gasteiger charge is -2.13. The van der Waals surface area contributed by atoms with Crippen LogP contribution < -0.4 is 0 Å². The molecule has 4 nitrogen and oxygen atoms in total. The van der Waals surface area contributed by atoms with Gasteiger partial charge in [-0.3, -0.25) is 9.59 Å². The van der Waals surface area contributed by atoms with E-state index >= 15 is 0 Å². The summed E-state index contributed by atoms with van der Waals surface area (Å²) in [5.41, 5.74) is 0. The van der Waals surface area contributed by atoms with Crippen LogP contribution in [0, 0.1) is 0 Å². The van der Waals surface area contributed by atoms with Crippen LogP contribution in [0.2, 0.25) is 0 Å². The number of carbonyl (C=O) groups is 2. The molecule has 0 aromatic heterocycles. The van der Waals surface area contributed by atoms with Gasteiger partial charge in [-0.05, 0) is 26.7 Å². The number of carbonyl (C=O) groups excluding carboxylic acids is 2. The molecule has 0 saturated heterocycles. The summed E-state index contributed by atoms with van der Waals surface area (Å²) in [4.78, 5) is 22.8. The van der Waals surface area contributed by atoms with Crippen LogP contribution >= 0.6 is 0 Å². The number of ether oxygens (including phenoxy) is 2. The smallest absolute Gasteiger partial charge is 0.306 e. The quantitative estimate of drug-likeness (QED) is 0.596. The van der Waals surface area contributed by atoms with Crippen molar-refractivity contribution in [3.05, 3.63) is 0 Å². The van der Waals surface area contributed by atoms with E-state index in [0.717, 1.165) is 25.7 Å². The van der Waals surface area contributed by atoms with Gasteiger partial charge >= 0.3 is 11.9 Å². The van der Waals surface area contributed by atoms with Crippen molar-refractivity contribution in [1.29, 1.82) is 0 Å². The highest BCUT2D eigenvalue weighted by Crippen LogP contribution is 2.07. The molecule has 0 amide bonds. The van der Waals surface area contributed by atoms with Gasteiger partial charge in [0.1, 0.15) is 0 Å². The van der Waals surface area contributed by atoms with Crippen molar-refractivity contribution >= 4 is 11.9 Å². The molecule has 0 spiro atoms. The summed E-state index contributed by atoms with van der Waals surface area (Å²) in [5, 5.41) is 0. The summed E-state index contributed by atoms with van der Waals surface area (Å²) in [5.74, 6) is -0.646. The fraction of sp³-hybridized carbons (Fsp3) is 0.857. The van der Waals surface area contributed by atoms with Gasteiger partial charge in [-0.15, -0.1) is 0 Å². The average Bonchev–Trinajstić information content (AvgIpc) is 2.27. The molecule has 0 aliphatic rings. The zero-order valence-electron chi connectivity index (χ0n) is 12.0. The Bertz CT molecular complexity index is 224. The predicted octanol–water partition coefficient (Wildman–Crippen LogP) is 3.23. The topological polar surface area (TPSA) is 52.6 Å². The van der Waals surface area contributed by atoms with Gasteiger partial charge in [0.05, 0.1) is 25.0 Å². The molecular formula is C14H26O4. The van der Waals surface area contributed by atoms with Crippen molar-refractivity contribution in [3.8, 4) is 0 Å². The summed E-state index contributed by atoms with van der Waals surface area (Å²) in [7, 11) is 0. The maximum Gasteiger partial charge on any atom is 0.306 e. The van der Waals surface area contributed by atoms with Gasteiger partial charge in [0.25, 0.3) is 0 Å². The van der Waals surface area contributed by atoms with E-state index in [-0.39, 0.29) is 37.0 Å². The average molecular weight is 258 g/mol. The van der Waals surface area contributed by atoms with E-state index in [1.54, 1.807) is 0 Å². The molecule has 0 aliphatic heterocycles. The lowest BCUT2D eigenvalue weighted by molar-refractivity contribution is -0.155. The van der Waals surface area contributed by atoms with Crippen molar-refractivity contribution in [1.82, 2.24) is 0 Å². The number of hydrogen-bond acceptors (Lipinski definition) is 4. The van der Waals surface area contributed by atoms with E-state index in [1.165, 1.54) is 0 Å². The minimum absolute atomic E-state index is 0.0717. The molecule has 4 heteroatoms. The molecule has 0 fully saturated rings. The number of rotatable bonds is 9. The highest BCUT2D eigenvalue weighted by Gasteiger charge is 2.13. The second-order valence-electron chi connectivity index (χ2n) is 4.68. The number of hydrogen-bond donors (Lipinski definition) is 0. The zero-order chi connectivity index (χ0) is 14.0. The first-order chi connectivity index (χ1) is 8.49. The Kier molecular flexibility index (Phi) is 9.33. The molecular weight excluding hydrogens is 232 g/mol. The molecule has 106 valence electrons. The molecule has 0 rings (SSSR count). The Morgan fingerprint density at radius 1 is 0.833 bits per heavy atom.